The maximum absolute atomic E-state index is 3.68. The first-order chi connectivity index (χ1) is 4.18. The molecule has 0 aromatic carbocycles. The van der Waals surface area contributed by atoms with E-state index in [0.717, 1.165) is 6.04 Å². The zero-order valence-electron chi connectivity index (χ0n) is 6.44. The summed E-state index contributed by atoms with van der Waals surface area (Å²) in [6.45, 7) is 7.04. The van der Waals surface area contributed by atoms with Crippen molar-refractivity contribution in [2.24, 2.45) is 0 Å². The fourth-order valence-electron chi connectivity index (χ4n) is 1.57. The van der Waals surface area contributed by atoms with Crippen molar-refractivity contribution in [2.45, 2.75) is 32.1 Å². The van der Waals surface area contributed by atoms with Crippen LogP contribution >= 0.6 is 0 Å². The molecule has 0 aromatic rings. The fourth-order valence-corrected chi connectivity index (χ4v) is 8.37. The average molecular weight is 160 g/mol. The van der Waals surface area contributed by atoms with Gasteiger partial charge in [-0.05, 0) is 18.6 Å². The van der Waals surface area contributed by atoms with E-state index in [1.807, 2.05) is 0 Å². The summed E-state index contributed by atoms with van der Waals surface area (Å²) in [5, 5.41) is 0. The van der Waals surface area contributed by atoms with E-state index in [9.17, 15) is 0 Å². The first kappa shape index (κ1) is 7.46. The molecule has 1 aliphatic rings. The molecule has 1 saturated heterocycles. The molecule has 1 aliphatic heterocycles. The Labute approximate surface area is 60.5 Å². The summed E-state index contributed by atoms with van der Waals surface area (Å²) in [4.78, 5) is 3.57. The summed E-state index contributed by atoms with van der Waals surface area (Å²) < 4.78 is 3.68. The normalized spacial score (nSPS) is 45.0. The van der Waals surface area contributed by atoms with Gasteiger partial charge in [0.25, 0.3) is 0 Å². The molecular weight excluding hydrogens is 144 g/mol. The van der Waals surface area contributed by atoms with Crippen LogP contribution in [0.1, 0.15) is 6.92 Å². The number of hydrogen-bond donors (Lipinski definition) is 2. The molecule has 4 heteroatoms. The summed E-state index contributed by atoms with van der Waals surface area (Å²) in [5.41, 5.74) is 0. The minimum Gasteiger partial charge on any atom is -0.352 e. The Balaban J connectivity index is 2.34. The van der Waals surface area contributed by atoms with Gasteiger partial charge in [0.05, 0.1) is 0 Å². The SMILES string of the molecule is CC1C[SiH](C)N[SiH](C)N1. The van der Waals surface area contributed by atoms with E-state index in [2.05, 4.69) is 29.6 Å². The Bertz CT molecular complexity index is 73.9. The predicted molar refractivity (Wildman–Crippen MR) is 46.6 cm³/mol. The van der Waals surface area contributed by atoms with Crippen LogP contribution in [0.15, 0.2) is 0 Å². The van der Waals surface area contributed by atoms with Gasteiger partial charge in [-0.15, -0.1) is 0 Å². The summed E-state index contributed by atoms with van der Waals surface area (Å²) in [6.07, 6.45) is 0. The minimum absolute atomic E-state index is 0.461. The van der Waals surface area contributed by atoms with E-state index in [1.54, 1.807) is 0 Å². The van der Waals surface area contributed by atoms with E-state index in [1.165, 1.54) is 6.04 Å². The molecule has 9 heavy (non-hydrogen) atoms. The Morgan fingerprint density at radius 1 is 1.44 bits per heavy atom. The third kappa shape index (κ3) is 2.21. The molecule has 0 aromatic heterocycles. The van der Waals surface area contributed by atoms with Gasteiger partial charge in [-0.2, -0.15) is 0 Å². The molecule has 0 aliphatic carbocycles. The van der Waals surface area contributed by atoms with Crippen LogP contribution in [0.25, 0.3) is 0 Å². The van der Waals surface area contributed by atoms with Crippen LogP contribution in [0.5, 0.6) is 0 Å². The molecule has 3 atom stereocenters. The summed E-state index contributed by atoms with van der Waals surface area (Å²) in [6, 6.07) is 2.21. The molecule has 0 spiro atoms. The van der Waals surface area contributed by atoms with Gasteiger partial charge in [-0.3, -0.25) is 0 Å². The molecule has 2 nitrogen and oxygen atoms in total. The van der Waals surface area contributed by atoms with Gasteiger partial charge in [0, 0.05) is 0 Å². The zero-order chi connectivity index (χ0) is 6.85. The van der Waals surface area contributed by atoms with Gasteiger partial charge >= 0.3 is 0 Å². The Kier molecular flexibility index (Phi) is 2.45. The second kappa shape index (κ2) is 2.96. The van der Waals surface area contributed by atoms with Gasteiger partial charge in [-0.25, -0.2) is 0 Å². The average Bonchev–Trinajstić information content (AvgIpc) is 1.59. The Morgan fingerprint density at radius 3 is 2.56 bits per heavy atom. The third-order valence-electron chi connectivity index (χ3n) is 1.78. The molecule has 0 radical (unpaired) electrons. The summed E-state index contributed by atoms with van der Waals surface area (Å²) in [7, 11) is -1.11. The molecule has 0 amide bonds. The van der Waals surface area contributed by atoms with Crippen LogP contribution in [0, 0.1) is 0 Å². The maximum Gasteiger partial charge on any atom is 0.174 e. The minimum atomic E-state index is -0.649. The lowest BCUT2D eigenvalue weighted by Crippen LogP contribution is -2.60. The van der Waals surface area contributed by atoms with Crippen molar-refractivity contribution >= 4 is 18.1 Å². The van der Waals surface area contributed by atoms with Gasteiger partial charge in [-0.1, -0.05) is 13.5 Å². The lowest BCUT2D eigenvalue weighted by molar-refractivity contribution is 0.710. The van der Waals surface area contributed by atoms with Crippen LogP contribution in [0.2, 0.25) is 19.1 Å². The second-order valence-corrected chi connectivity index (χ2v) is 8.48. The largest absolute Gasteiger partial charge is 0.352 e. The lowest BCUT2D eigenvalue weighted by atomic mass is 10.4. The van der Waals surface area contributed by atoms with E-state index in [-0.39, 0.29) is 0 Å². The molecule has 1 fully saturated rings. The van der Waals surface area contributed by atoms with Crippen LogP contribution in [0.4, 0.5) is 0 Å². The number of hydrogen-bond acceptors (Lipinski definition) is 2. The van der Waals surface area contributed by atoms with E-state index in [4.69, 9.17) is 0 Å². The van der Waals surface area contributed by atoms with Crippen molar-refractivity contribution in [3.05, 3.63) is 0 Å². The van der Waals surface area contributed by atoms with Crippen molar-refractivity contribution in [3.8, 4) is 0 Å². The maximum atomic E-state index is 3.68. The van der Waals surface area contributed by atoms with Crippen LogP contribution in [0.3, 0.4) is 0 Å². The second-order valence-electron chi connectivity index (χ2n) is 3.09. The van der Waals surface area contributed by atoms with Crippen molar-refractivity contribution in [1.29, 1.82) is 0 Å². The Morgan fingerprint density at radius 2 is 2.11 bits per heavy atom. The molecule has 0 bridgehead atoms. The van der Waals surface area contributed by atoms with Gasteiger partial charge in [0.1, 0.15) is 8.96 Å². The standard InChI is InChI=1S/C5H16N2Si2/c1-5-4-8(2)7-9(3)6-5/h5-9H,4H2,1-3H3. The molecule has 0 saturated carbocycles. The smallest absolute Gasteiger partial charge is 0.174 e. The highest BCUT2D eigenvalue weighted by atomic mass is 28.4. The van der Waals surface area contributed by atoms with Gasteiger partial charge in [0.2, 0.25) is 0 Å². The van der Waals surface area contributed by atoms with Crippen molar-refractivity contribution in [3.63, 3.8) is 0 Å². The topological polar surface area (TPSA) is 24.1 Å². The van der Waals surface area contributed by atoms with Gasteiger partial charge < -0.3 is 9.63 Å². The number of rotatable bonds is 0. The quantitative estimate of drug-likeness (QED) is 0.479. The zero-order valence-corrected chi connectivity index (χ0v) is 8.75. The highest BCUT2D eigenvalue weighted by Crippen LogP contribution is 2.01. The lowest BCUT2D eigenvalue weighted by Gasteiger charge is -2.30. The van der Waals surface area contributed by atoms with Gasteiger partial charge in [0.15, 0.2) is 9.12 Å². The highest BCUT2D eigenvalue weighted by Gasteiger charge is 2.20. The third-order valence-corrected chi connectivity index (χ3v) is 8.54. The highest BCUT2D eigenvalue weighted by molar-refractivity contribution is 6.71. The number of nitrogens with one attached hydrogen (secondary N) is 2. The molecule has 1 rings (SSSR count). The first-order valence-electron chi connectivity index (χ1n) is 3.70. The molecule has 54 valence electrons. The van der Waals surface area contributed by atoms with E-state index in [0.29, 0.717) is 0 Å². The van der Waals surface area contributed by atoms with Crippen molar-refractivity contribution in [1.82, 2.24) is 9.63 Å². The van der Waals surface area contributed by atoms with E-state index < -0.39 is 18.1 Å². The summed E-state index contributed by atoms with van der Waals surface area (Å²) >= 11 is 0. The first-order valence-corrected chi connectivity index (χ1v) is 8.56. The van der Waals surface area contributed by atoms with Crippen LogP contribution in [-0.2, 0) is 0 Å². The van der Waals surface area contributed by atoms with Crippen molar-refractivity contribution in [2.75, 3.05) is 0 Å². The van der Waals surface area contributed by atoms with Crippen LogP contribution in [-0.4, -0.2) is 24.1 Å². The van der Waals surface area contributed by atoms with E-state index >= 15 is 0 Å². The predicted octanol–water partition coefficient (Wildman–Crippen LogP) is -0.228. The van der Waals surface area contributed by atoms with Crippen LogP contribution < -0.4 is 9.63 Å². The molecule has 3 unspecified atom stereocenters. The molecular formula is C5H16N2Si2. The summed E-state index contributed by atoms with van der Waals surface area (Å²) in [5.74, 6) is 0. The Hall–Kier alpha value is 0.354. The fraction of sp³-hybridized carbons (Fsp3) is 1.00. The monoisotopic (exact) mass is 160 g/mol. The molecule has 2 N–H and O–H groups in total. The van der Waals surface area contributed by atoms with Crippen molar-refractivity contribution < 1.29 is 0 Å². The molecule has 1 heterocycles.